The molecule has 0 aliphatic carbocycles. The summed E-state index contributed by atoms with van der Waals surface area (Å²) in [7, 11) is 0. The smallest absolute Gasteiger partial charge is 0.416 e. The van der Waals surface area contributed by atoms with E-state index in [-0.39, 0.29) is 37.6 Å². The Hall–Kier alpha value is -2.68. The van der Waals surface area contributed by atoms with Crippen molar-refractivity contribution in [3.05, 3.63) is 65.2 Å². The Bertz CT molecular complexity index is 838. The number of hydrogen-bond donors (Lipinski definition) is 0. The minimum Gasteiger partial charge on any atom is -0.488 e. The zero-order chi connectivity index (χ0) is 20.3. The highest BCUT2D eigenvalue weighted by atomic mass is 19.4. The second kappa shape index (κ2) is 8.14. The average Bonchev–Trinajstić information content (AvgIpc) is 2.66. The van der Waals surface area contributed by atoms with Crippen molar-refractivity contribution in [1.82, 2.24) is 4.90 Å². The van der Waals surface area contributed by atoms with Crippen molar-refractivity contribution in [1.29, 1.82) is 0 Å². The van der Waals surface area contributed by atoms with Crippen molar-refractivity contribution in [2.45, 2.75) is 12.3 Å². The van der Waals surface area contributed by atoms with Crippen molar-refractivity contribution in [3.8, 4) is 5.75 Å². The molecule has 28 heavy (non-hydrogen) atoms. The van der Waals surface area contributed by atoms with Crippen LogP contribution in [0.4, 0.5) is 22.0 Å². The highest BCUT2D eigenvalue weighted by molar-refractivity contribution is 5.94. The maximum absolute atomic E-state index is 13.6. The van der Waals surface area contributed by atoms with Gasteiger partial charge in [0.25, 0.3) is 5.91 Å². The van der Waals surface area contributed by atoms with E-state index in [0.29, 0.717) is 6.07 Å². The maximum Gasteiger partial charge on any atom is 0.416 e. The number of carbonyl (C=O) groups excluding carboxylic acids is 1. The van der Waals surface area contributed by atoms with Gasteiger partial charge >= 0.3 is 6.18 Å². The Morgan fingerprint density at radius 1 is 1.14 bits per heavy atom. The lowest BCUT2D eigenvalue weighted by Crippen LogP contribution is -2.47. The quantitative estimate of drug-likeness (QED) is 0.730. The van der Waals surface area contributed by atoms with E-state index >= 15 is 0 Å². The predicted molar refractivity (Wildman–Crippen MR) is 88.9 cm³/mol. The SMILES string of the molecule is O=C(c1ccc(C(F)(F)F)cc1)N1CCO[C@@H](COc2ccc(F)cc2F)C1. The summed E-state index contributed by atoms with van der Waals surface area (Å²) in [6, 6.07) is 6.86. The van der Waals surface area contributed by atoms with Crippen LogP contribution in [0.5, 0.6) is 5.75 Å². The summed E-state index contributed by atoms with van der Waals surface area (Å²) in [4.78, 5) is 14.0. The minimum atomic E-state index is -4.47. The van der Waals surface area contributed by atoms with Crippen LogP contribution in [-0.4, -0.2) is 43.2 Å². The Morgan fingerprint density at radius 2 is 1.86 bits per heavy atom. The van der Waals surface area contributed by atoms with Crippen LogP contribution in [-0.2, 0) is 10.9 Å². The second-order valence-electron chi connectivity index (χ2n) is 6.20. The normalized spacial score (nSPS) is 17.5. The molecule has 0 saturated carbocycles. The third-order valence-corrected chi connectivity index (χ3v) is 4.20. The van der Waals surface area contributed by atoms with E-state index in [0.717, 1.165) is 36.4 Å². The van der Waals surface area contributed by atoms with E-state index in [4.69, 9.17) is 9.47 Å². The van der Waals surface area contributed by atoms with Crippen LogP contribution >= 0.6 is 0 Å². The molecule has 9 heteroatoms. The van der Waals surface area contributed by atoms with Gasteiger partial charge in [-0.05, 0) is 36.4 Å². The summed E-state index contributed by atoms with van der Waals surface area (Å²) in [6.45, 7) is 0.523. The lowest BCUT2D eigenvalue weighted by Gasteiger charge is -2.33. The number of hydrogen-bond acceptors (Lipinski definition) is 3. The number of carbonyl (C=O) groups is 1. The van der Waals surface area contributed by atoms with Gasteiger partial charge in [0.1, 0.15) is 18.5 Å². The Morgan fingerprint density at radius 3 is 2.50 bits per heavy atom. The summed E-state index contributed by atoms with van der Waals surface area (Å²) in [5.41, 5.74) is -0.710. The number of amides is 1. The Labute approximate surface area is 157 Å². The maximum atomic E-state index is 13.6. The molecule has 150 valence electrons. The molecule has 0 bridgehead atoms. The van der Waals surface area contributed by atoms with Gasteiger partial charge in [-0.3, -0.25) is 4.79 Å². The van der Waals surface area contributed by atoms with Crippen LogP contribution in [0, 0.1) is 11.6 Å². The van der Waals surface area contributed by atoms with Gasteiger partial charge in [-0.2, -0.15) is 13.2 Å². The van der Waals surface area contributed by atoms with Gasteiger partial charge in [-0.25, -0.2) is 8.78 Å². The Balaban J connectivity index is 1.60. The molecule has 1 aliphatic heterocycles. The zero-order valence-corrected chi connectivity index (χ0v) is 14.5. The zero-order valence-electron chi connectivity index (χ0n) is 14.5. The van der Waals surface area contributed by atoms with E-state index < -0.39 is 35.4 Å². The number of morpholine rings is 1. The van der Waals surface area contributed by atoms with E-state index in [2.05, 4.69) is 0 Å². The van der Waals surface area contributed by atoms with Crippen LogP contribution in [0.1, 0.15) is 15.9 Å². The number of halogens is 5. The first-order valence-electron chi connectivity index (χ1n) is 8.40. The molecule has 1 amide bonds. The van der Waals surface area contributed by atoms with Gasteiger partial charge in [-0.1, -0.05) is 0 Å². The number of alkyl halides is 3. The molecule has 3 rings (SSSR count). The molecular weight excluding hydrogens is 385 g/mol. The summed E-state index contributed by atoms with van der Waals surface area (Å²) in [5.74, 6) is -2.16. The number of ether oxygens (including phenoxy) is 2. The Kier molecular flexibility index (Phi) is 5.83. The van der Waals surface area contributed by atoms with Gasteiger partial charge in [0.05, 0.1) is 18.7 Å². The topological polar surface area (TPSA) is 38.8 Å². The van der Waals surface area contributed by atoms with Crippen LogP contribution in [0.3, 0.4) is 0 Å². The molecule has 0 spiro atoms. The molecule has 1 atom stereocenters. The standard InChI is InChI=1S/C19H16F5NO3/c20-14-5-6-17(16(21)9-14)28-11-15-10-25(7-8-27-15)18(26)12-1-3-13(4-2-12)19(22,23)24/h1-6,9,15H,7-8,10-11H2/t15-/m1/s1. The van der Waals surface area contributed by atoms with Crippen LogP contribution in [0.15, 0.2) is 42.5 Å². The number of benzene rings is 2. The number of rotatable bonds is 4. The van der Waals surface area contributed by atoms with E-state index in [1.165, 1.54) is 4.90 Å². The molecule has 2 aromatic carbocycles. The van der Waals surface area contributed by atoms with Crippen molar-refractivity contribution >= 4 is 5.91 Å². The van der Waals surface area contributed by atoms with Gasteiger partial charge in [0.2, 0.25) is 0 Å². The molecular formula is C19H16F5NO3. The molecule has 2 aromatic rings. The van der Waals surface area contributed by atoms with Crippen LogP contribution < -0.4 is 4.74 Å². The van der Waals surface area contributed by atoms with Crippen molar-refractivity contribution in [3.63, 3.8) is 0 Å². The summed E-state index contributed by atoms with van der Waals surface area (Å²) in [5, 5.41) is 0. The van der Waals surface area contributed by atoms with Gasteiger partial charge in [0.15, 0.2) is 11.6 Å². The fraction of sp³-hybridized carbons (Fsp3) is 0.316. The monoisotopic (exact) mass is 401 g/mol. The minimum absolute atomic E-state index is 0.0701. The third kappa shape index (κ3) is 4.78. The molecule has 1 heterocycles. The molecule has 4 nitrogen and oxygen atoms in total. The van der Waals surface area contributed by atoms with E-state index in [1.54, 1.807) is 0 Å². The molecule has 1 fully saturated rings. The summed E-state index contributed by atoms with van der Waals surface area (Å²) in [6.07, 6.45) is -5.03. The van der Waals surface area contributed by atoms with Crippen molar-refractivity contribution in [2.75, 3.05) is 26.3 Å². The largest absolute Gasteiger partial charge is 0.488 e. The molecule has 0 radical (unpaired) electrons. The third-order valence-electron chi connectivity index (χ3n) is 4.20. The van der Waals surface area contributed by atoms with Crippen molar-refractivity contribution in [2.24, 2.45) is 0 Å². The fourth-order valence-corrected chi connectivity index (χ4v) is 2.76. The highest BCUT2D eigenvalue weighted by Gasteiger charge is 2.31. The molecule has 0 unspecified atom stereocenters. The van der Waals surface area contributed by atoms with Gasteiger partial charge in [-0.15, -0.1) is 0 Å². The molecule has 1 aliphatic rings. The van der Waals surface area contributed by atoms with E-state index in [9.17, 15) is 26.7 Å². The lowest BCUT2D eigenvalue weighted by atomic mass is 10.1. The van der Waals surface area contributed by atoms with Crippen LogP contribution in [0.2, 0.25) is 0 Å². The highest BCUT2D eigenvalue weighted by Crippen LogP contribution is 2.29. The van der Waals surface area contributed by atoms with Crippen molar-refractivity contribution < 1.29 is 36.2 Å². The predicted octanol–water partition coefficient (Wildman–Crippen LogP) is 3.90. The van der Waals surface area contributed by atoms with Gasteiger partial charge in [0, 0.05) is 18.2 Å². The fourth-order valence-electron chi connectivity index (χ4n) is 2.76. The van der Waals surface area contributed by atoms with E-state index in [1.807, 2.05) is 0 Å². The molecule has 1 saturated heterocycles. The first-order chi connectivity index (χ1) is 13.2. The summed E-state index contributed by atoms with van der Waals surface area (Å²) < 4.78 is 75.2. The lowest BCUT2D eigenvalue weighted by molar-refractivity contribution is -0.137. The van der Waals surface area contributed by atoms with Crippen LogP contribution in [0.25, 0.3) is 0 Å². The van der Waals surface area contributed by atoms with Gasteiger partial charge < -0.3 is 14.4 Å². The molecule has 0 N–H and O–H groups in total. The number of nitrogens with zero attached hydrogens (tertiary/aromatic N) is 1. The first kappa shape index (κ1) is 20.1. The second-order valence-corrected chi connectivity index (χ2v) is 6.20. The first-order valence-corrected chi connectivity index (χ1v) is 8.40. The average molecular weight is 401 g/mol. The summed E-state index contributed by atoms with van der Waals surface area (Å²) >= 11 is 0. The molecule has 0 aromatic heterocycles.